The maximum Gasteiger partial charge on any atom is 0.397 e. The lowest BCUT2D eigenvalue weighted by Gasteiger charge is -2.36. The van der Waals surface area contributed by atoms with E-state index in [1.807, 2.05) is 13.8 Å². The van der Waals surface area contributed by atoms with Gasteiger partial charge < -0.3 is 24.6 Å². The van der Waals surface area contributed by atoms with Crippen molar-refractivity contribution in [3.8, 4) is 5.75 Å². The number of carbonyl (C=O) groups is 3. The molecule has 1 fully saturated rings. The Morgan fingerprint density at radius 1 is 1.20 bits per heavy atom. The zero-order chi connectivity index (χ0) is 25.9. The number of rotatable bonds is 4. The molecule has 1 aliphatic carbocycles. The summed E-state index contributed by atoms with van der Waals surface area (Å²) < 4.78 is 49.2. The molecule has 8 nitrogen and oxygen atoms in total. The number of likely N-dealkylation sites (N-methyl/N-ethyl adjacent to an activating group) is 1. The largest absolute Gasteiger partial charge is 0.491 e. The molecule has 194 valence electrons. The number of halogens is 3. The number of amides is 3. The summed E-state index contributed by atoms with van der Waals surface area (Å²) in [5.74, 6) is -1.46. The van der Waals surface area contributed by atoms with Gasteiger partial charge in [0.2, 0.25) is 11.8 Å². The van der Waals surface area contributed by atoms with Crippen molar-refractivity contribution < 1.29 is 37.0 Å². The first kappa shape index (κ1) is 26.8. The molecule has 0 saturated heterocycles. The molecule has 0 spiro atoms. The molecule has 3 amide bonds. The SMILES string of the molecule is CO[C@@H]1CN(C)C(=O)c2ccc(NC(=O)CC(F)(F)F)cc2OC[C@H](C)N(C(=O)C2CC2)C[C@@H]1C. The van der Waals surface area contributed by atoms with Crippen LogP contribution in [-0.2, 0) is 14.3 Å². The molecule has 1 saturated carbocycles. The van der Waals surface area contributed by atoms with Gasteiger partial charge in [0.25, 0.3) is 5.91 Å². The third kappa shape index (κ3) is 7.09. The molecule has 1 N–H and O–H groups in total. The molecule has 0 bridgehead atoms. The van der Waals surface area contributed by atoms with E-state index in [2.05, 4.69) is 5.32 Å². The molecular formula is C24H32F3N3O5. The zero-order valence-corrected chi connectivity index (χ0v) is 20.4. The highest BCUT2D eigenvalue weighted by molar-refractivity contribution is 5.98. The Hall–Kier alpha value is -2.82. The Labute approximate surface area is 202 Å². The van der Waals surface area contributed by atoms with E-state index in [0.29, 0.717) is 6.54 Å². The number of anilines is 1. The van der Waals surface area contributed by atoms with Crippen LogP contribution >= 0.6 is 0 Å². The Morgan fingerprint density at radius 2 is 1.89 bits per heavy atom. The number of nitrogens with one attached hydrogen (secondary N) is 1. The molecule has 0 radical (unpaired) electrons. The number of alkyl halides is 3. The molecule has 11 heteroatoms. The van der Waals surface area contributed by atoms with Crippen LogP contribution in [0.15, 0.2) is 18.2 Å². The van der Waals surface area contributed by atoms with Crippen molar-refractivity contribution in [2.75, 3.05) is 39.2 Å². The Kier molecular flexibility index (Phi) is 8.30. The average molecular weight is 500 g/mol. The second kappa shape index (κ2) is 10.8. The molecule has 0 unspecified atom stereocenters. The van der Waals surface area contributed by atoms with Gasteiger partial charge in [-0.2, -0.15) is 13.2 Å². The summed E-state index contributed by atoms with van der Waals surface area (Å²) in [5, 5.41) is 2.20. The summed E-state index contributed by atoms with van der Waals surface area (Å²) in [6.45, 7) is 4.58. The van der Waals surface area contributed by atoms with Crippen molar-refractivity contribution >= 4 is 23.4 Å². The number of hydrogen-bond acceptors (Lipinski definition) is 5. The standard InChI is InChI=1S/C24H32F3N3O5/c1-14-11-30(22(32)16-5-6-16)15(2)13-35-19-9-17(28-21(31)10-24(25,26)27)7-8-18(19)23(33)29(3)12-20(14)34-4/h7-9,14-16,20H,5-6,10-13H2,1-4H3,(H,28,31)/t14-,15-,20+/m0/s1. The fourth-order valence-electron chi connectivity index (χ4n) is 4.11. The first-order valence-corrected chi connectivity index (χ1v) is 11.6. The summed E-state index contributed by atoms with van der Waals surface area (Å²) in [4.78, 5) is 41.2. The lowest BCUT2D eigenvalue weighted by atomic mass is 10.0. The average Bonchev–Trinajstić information content (AvgIpc) is 3.61. The highest BCUT2D eigenvalue weighted by Crippen LogP contribution is 2.33. The first-order valence-electron chi connectivity index (χ1n) is 11.6. The highest BCUT2D eigenvalue weighted by Gasteiger charge is 2.37. The van der Waals surface area contributed by atoms with Gasteiger partial charge in [0.05, 0.1) is 17.7 Å². The Bertz CT molecular complexity index is 951. The predicted molar refractivity (Wildman–Crippen MR) is 122 cm³/mol. The van der Waals surface area contributed by atoms with Crippen molar-refractivity contribution in [3.63, 3.8) is 0 Å². The van der Waals surface area contributed by atoms with Crippen LogP contribution < -0.4 is 10.1 Å². The molecule has 1 heterocycles. The van der Waals surface area contributed by atoms with E-state index in [-0.39, 0.29) is 65.9 Å². The van der Waals surface area contributed by atoms with Crippen LogP contribution in [-0.4, -0.2) is 79.7 Å². The van der Waals surface area contributed by atoms with Crippen LogP contribution in [0.1, 0.15) is 43.5 Å². The van der Waals surface area contributed by atoms with Crippen LogP contribution in [0.3, 0.4) is 0 Å². The van der Waals surface area contributed by atoms with Gasteiger partial charge in [-0.25, -0.2) is 0 Å². The van der Waals surface area contributed by atoms with Crippen LogP contribution in [0.4, 0.5) is 18.9 Å². The van der Waals surface area contributed by atoms with Gasteiger partial charge in [0.1, 0.15) is 18.8 Å². The summed E-state index contributed by atoms with van der Waals surface area (Å²) in [6, 6.07) is 3.77. The minimum Gasteiger partial charge on any atom is -0.491 e. The van der Waals surface area contributed by atoms with Gasteiger partial charge in [-0.1, -0.05) is 6.92 Å². The molecule has 35 heavy (non-hydrogen) atoms. The second-order valence-corrected chi connectivity index (χ2v) is 9.41. The van der Waals surface area contributed by atoms with Gasteiger partial charge >= 0.3 is 6.18 Å². The monoisotopic (exact) mass is 499 g/mol. The Balaban J connectivity index is 1.91. The fraction of sp³-hybridized carbons (Fsp3) is 0.625. The number of hydrogen-bond donors (Lipinski definition) is 1. The molecule has 1 aromatic carbocycles. The van der Waals surface area contributed by atoms with E-state index >= 15 is 0 Å². The van der Waals surface area contributed by atoms with Crippen molar-refractivity contribution in [2.24, 2.45) is 11.8 Å². The number of fused-ring (bicyclic) bond motifs is 1. The highest BCUT2D eigenvalue weighted by atomic mass is 19.4. The summed E-state index contributed by atoms with van der Waals surface area (Å²) in [7, 11) is 3.18. The molecule has 1 aliphatic heterocycles. The number of benzene rings is 1. The molecule has 3 atom stereocenters. The minimum atomic E-state index is -4.64. The molecule has 1 aromatic rings. The van der Waals surface area contributed by atoms with Gasteiger partial charge in [-0.15, -0.1) is 0 Å². The number of methoxy groups -OCH3 is 1. The summed E-state index contributed by atoms with van der Waals surface area (Å²) in [6.07, 6.45) is -4.88. The topological polar surface area (TPSA) is 88.2 Å². The van der Waals surface area contributed by atoms with Crippen LogP contribution in [0, 0.1) is 11.8 Å². The number of ether oxygens (including phenoxy) is 2. The lowest BCUT2D eigenvalue weighted by Crippen LogP contribution is -2.49. The van der Waals surface area contributed by atoms with E-state index in [9.17, 15) is 27.6 Å². The quantitative estimate of drug-likeness (QED) is 0.687. The van der Waals surface area contributed by atoms with E-state index < -0.39 is 18.5 Å². The predicted octanol–water partition coefficient (Wildman–Crippen LogP) is 3.32. The van der Waals surface area contributed by atoms with Crippen LogP contribution in [0.2, 0.25) is 0 Å². The number of carbonyl (C=O) groups excluding carboxylic acids is 3. The molecule has 0 aromatic heterocycles. The normalized spacial score (nSPS) is 24.1. The van der Waals surface area contributed by atoms with Crippen molar-refractivity contribution in [3.05, 3.63) is 23.8 Å². The van der Waals surface area contributed by atoms with Crippen LogP contribution in [0.5, 0.6) is 5.75 Å². The molecule has 3 rings (SSSR count). The maximum absolute atomic E-state index is 13.2. The Morgan fingerprint density at radius 3 is 2.49 bits per heavy atom. The lowest BCUT2D eigenvalue weighted by molar-refractivity contribution is -0.150. The van der Waals surface area contributed by atoms with E-state index in [4.69, 9.17) is 9.47 Å². The van der Waals surface area contributed by atoms with Gasteiger partial charge in [-0.3, -0.25) is 14.4 Å². The maximum atomic E-state index is 13.2. The van der Waals surface area contributed by atoms with Crippen molar-refractivity contribution in [1.29, 1.82) is 0 Å². The van der Waals surface area contributed by atoms with Crippen LogP contribution in [0.25, 0.3) is 0 Å². The van der Waals surface area contributed by atoms with Crippen molar-refractivity contribution in [2.45, 2.75) is 51.4 Å². The zero-order valence-electron chi connectivity index (χ0n) is 20.4. The first-order chi connectivity index (χ1) is 16.4. The number of nitrogens with zero attached hydrogens (tertiary/aromatic N) is 2. The third-order valence-corrected chi connectivity index (χ3v) is 6.30. The van der Waals surface area contributed by atoms with Gasteiger partial charge in [0, 0.05) is 50.8 Å². The van der Waals surface area contributed by atoms with Crippen molar-refractivity contribution in [1.82, 2.24) is 9.80 Å². The smallest absolute Gasteiger partial charge is 0.397 e. The minimum absolute atomic E-state index is 0.00513. The second-order valence-electron chi connectivity index (χ2n) is 9.41. The summed E-state index contributed by atoms with van der Waals surface area (Å²) in [5.41, 5.74) is 0.263. The van der Waals surface area contributed by atoms with E-state index in [0.717, 1.165) is 12.8 Å². The third-order valence-electron chi connectivity index (χ3n) is 6.30. The van der Waals surface area contributed by atoms with Gasteiger partial charge in [0.15, 0.2) is 0 Å². The van der Waals surface area contributed by atoms with E-state index in [1.165, 1.54) is 23.1 Å². The summed E-state index contributed by atoms with van der Waals surface area (Å²) >= 11 is 0. The molecular weight excluding hydrogens is 467 g/mol. The van der Waals surface area contributed by atoms with Gasteiger partial charge in [-0.05, 0) is 31.9 Å². The van der Waals surface area contributed by atoms with E-state index in [1.54, 1.807) is 19.1 Å². The fourth-order valence-corrected chi connectivity index (χ4v) is 4.11. The molecule has 2 aliphatic rings.